The molecule has 0 aliphatic carbocycles. The number of carboxylic acid groups (broad SMARTS) is 1. The molecule has 1 fully saturated rings. The van der Waals surface area contributed by atoms with Crippen LogP contribution in [0.15, 0.2) is 97.2 Å². The molecule has 0 amide bonds. The number of esters is 3. The van der Waals surface area contributed by atoms with Crippen LogP contribution in [0, 0.1) is 0 Å². The minimum absolute atomic E-state index is 0.0239. The Hall–Kier alpha value is -4.36. The van der Waals surface area contributed by atoms with Gasteiger partial charge in [-0.15, -0.1) is 0 Å². The van der Waals surface area contributed by atoms with E-state index in [1.165, 1.54) is 38.5 Å². The molecule has 6 unspecified atom stereocenters. The number of aliphatic hydroxyl groups excluding tert-OH is 2. The minimum Gasteiger partial charge on any atom is -0.479 e. The third-order valence-corrected chi connectivity index (χ3v) is 12.6. The number of unbranched alkanes of at least 4 members (excludes halogenated alkanes) is 18. The predicted molar refractivity (Wildman–Crippen MR) is 303 cm³/mol. The van der Waals surface area contributed by atoms with Crippen LogP contribution in [-0.2, 0) is 42.9 Å². The summed E-state index contributed by atoms with van der Waals surface area (Å²) in [5.41, 5.74) is 0. The van der Waals surface area contributed by atoms with E-state index < -0.39 is 67.3 Å². The second-order valence-electron chi connectivity index (χ2n) is 19.5. The zero-order valence-electron chi connectivity index (χ0n) is 46.8. The lowest BCUT2D eigenvalue weighted by molar-refractivity contribution is -0.301. The fourth-order valence-corrected chi connectivity index (χ4v) is 8.19. The average molecular weight is 1050 g/mol. The Balaban J connectivity index is 2.73. The molecule has 0 saturated carbocycles. The molecule has 0 aromatic rings. The second kappa shape index (κ2) is 50.5. The van der Waals surface area contributed by atoms with Crippen molar-refractivity contribution in [1.82, 2.24) is 0 Å². The van der Waals surface area contributed by atoms with Crippen LogP contribution in [0.3, 0.4) is 0 Å². The van der Waals surface area contributed by atoms with Gasteiger partial charge in [0.2, 0.25) is 0 Å². The van der Waals surface area contributed by atoms with Gasteiger partial charge in [0.1, 0.15) is 18.8 Å². The van der Waals surface area contributed by atoms with Crippen LogP contribution in [-0.4, -0.2) is 89.2 Å². The molecular weight excluding hydrogens is 949 g/mol. The fourth-order valence-electron chi connectivity index (χ4n) is 8.19. The first kappa shape index (κ1) is 68.7. The van der Waals surface area contributed by atoms with E-state index >= 15 is 0 Å². The zero-order chi connectivity index (χ0) is 54.7. The molecule has 1 saturated heterocycles. The molecule has 0 bridgehead atoms. The maximum Gasteiger partial charge on any atom is 0.335 e. The maximum atomic E-state index is 13.1. The van der Waals surface area contributed by atoms with Crippen molar-refractivity contribution in [3.05, 3.63) is 97.2 Å². The molecular formula is C63H102O12. The molecule has 6 atom stereocenters. The van der Waals surface area contributed by atoms with E-state index in [0.29, 0.717) is 19.3 Å². The molecule has 12 heteroatoms. The normalized spacial score (nSPS) is 18.9. The van der Waals surface area contributed by atoms with Gasteiger partial charge in [-0.3, -0.25) is 14.4 Å². The van der Waals surface area contributed by atoms with Gasteiger partial charge in [-0.05, 0) is 116 Å². The summed E-state index contributed by atoms with van der Waals surface area (Å²) in [5.74, 6) is -3.21. The number of rotatable bonds is 48. The van der Waals surface area contributed by atoms with Gasteiger partial charge in [-0.25, -0.2) is 4.79 Å². The fraction of sp³-hybridized carbons (Fsp3) is 0.683. The lowest BCUT2D eigenvalue weighted by Gasteiger charge is -2.40. The van der Waals surface area contributed by atoms with Gasteiger partial charge >= 0.3 is 23.9 Å². The van der Waals surface area contributed by atoms with Gasteiger partial charge in [0, 0.05) is 19.3 Å². The van der Waals surface area contributed by atoms with Crippen LogP contribution in [0.4, 0.5) is 0 Å². The molecule has 1 rings (SSSR count). The van der Waals surface area contributed by atoms with Crippen molar-refractivity contribution in [2.24, 2.45) is 0 Å². The molecule has 0 aromatic heterocycles. The molecule has 426 valence electrons. The number of carbonyl (C=O) groups is 4. The quantitative estimate of drug-likeness (QED) is 0.0228. The Bertz CT molecular complexity index is 1670. The lowest BCUT2D eigenvalue weighted by atomic mass is 9.98. The van der Waals surface area contributed by atoms with E-state index in [0.717, 1.165) is 128 Å². The molecule has 3 N–H and O–H groups in total. The van der Waals surface area contributed by atoms with Gasteiger partial charge in [-0.2, -0.15) is 0 Å². The lowest BCUT2D eigenvalue weighted by Crippen LogP contribution is -2.61. The van der Waals surface area contributed by atoms with Crippen LogP contribution >= 0.6 is 0 Å². The largest absolute Gasteiger partial charge is 0.479 e. The summed E-state index contributed by atoms with van der Waals surface area (Å²) in [4.78, 5) is 51.1. The molecule has 0 aromatic carbocycles. The number of aliphatic carboxylic acids is 1. The summed E-state index contributed by atoms with van der Waals surface area (Å²) in [5, 5.41) is 31.5. The van der Waals surface area contributed by atoms with E-state index in [4.69, 9.17) is 23.7 Å². The Kier molecular flexibility index (Phi) is 46.2. The van der Waals surface area contributed by atoms with Crippen LogP contribution in [0.25, 0.3) is 0 Å². The van der Waals surface area contributed by atoms with Crippen LogP contribution in [0.2, 0.25) is 0 Å². The van der Waals surface area contributed by atoms with Crippen molar-refractivity contribution in [2.75, 3.05) is 13.2 Å². The van der Waals surface area contributed by atoms with Gasteiger partial charge in [0.15, 0.2) is 24.6 Å². The molecule has 1 heterocycles. The van der Waals surface area contributed by atoms with E-state index in [1.54, 1.807) is 0 Å². The Labute approximate surface area is 453 Å². The molecule has 75 heavy (non-hydrogen) atoms. The highest BCUT2D eigenvalue weighted by atomic mass is 16.7. The third-order valence-electron chi connectivity index (χ3n) is 12.6. The zero-order valence-corrected chi connectivity index (χ0v) is 46.8. The van der Waals surface area contributed by atoms with E-state index in [-0.39, 0.29) is 25.9 Å². The summed E-state index contributed by atoms with van der Waals surface area (Å²) in [6, 6.07) is 0. The standard InChI is InChI=1S/C63H102O12/c1-4-7-10-13-16-19-22-25-27-28-30-33-36-39-42-45-48-51-57(66)74-61-59(68)58(67)60(62(69)70)75-63(61)72-53-54(73-56(65)50-47-44-41-38-35-31-24-21-18-15-12-9-6-3)52-71-55(64)49-46-43-40-37-34-32-29-26-23-20-17-14-11-8-5-2/h7,9-10,12,16,18-19,21,25-27,29-31,33,35,54,58-61,63,67-68H,4-6,8,11,13-15,17,20,22-24,28,32,34,36-53H2,1-3H3,(H,69,70)/b10-7-,12-9-,19-16-,21-18-,27-25-,29-26-,33-30-,35-31-. The maximum absolute atomic E-state index is 13.1. The molecule has 1 aliphatic rings. The summed E-state index contributed by atoms with van der Waals surface area (Å²) >= 11 is 0. The van der Waals surface area contributed by atoms with Gasteiger partial charge < -0.3 is 39.0 Å². The van der Waals surface area contributed by atoms with Gasteiger partial charge in [0.25, 0.3) is 0 Å². The topological polar surface area (TPSA) is 175 Å². The summed E-state index contributed by atoms with van der Waals surface area (Å²) in [6.07, 6.45) is 53.8. The first-order valence-corrected chi connectivity index (χ1v) is 29.2. The Morgan fingerprint density at radius 2 is 0.840 bits per heavy atom. The van der Waals surface area contributed by atoms with Gasteiger partial charge in [0.05, 0.1) is 6.61 Å². The smallest absolute Gasteiger partial charge is 0.335 e. The van der Waals surface area contributed by atoms with Crippen molar-refractivity contribution in [1.29, 1.82) is 0 Å². The summed E-state index contributed by atoms with van der Waals surface area (Å²) in [7, 11) is 0. The van der Waals surface area contributed by atoms with Crippen molar-refractivity contribution < 1.29 is 58.2 Å². The van der Waals surface area contributed by atoms with Crippen LogP contribution < -0.4 is 0 Å². The number of carboxylic acids is 1. The number of hydrogen-bond donors (Lipinski definition) is 3. The number of ether oxygens (including phenoxy) is 5. The second-order valence-corrected chi connectivity index (χ2v) is 19.5. The van der Waals surface area contributed by atoms with Crippen molar-refractivity contribution in [3.8, 4) is 0 Å². The number of hydrogen-bond acceptors (Lipinski definition) is 11. The first-order valence-electron chi connectivity index (χ1n) is 29.2. The molecule has 12 nitrogen and oxygen atoms in total. The summed E-state index contributed by atoms with van der Waals surface area (Å²) < 4.78 is 28.3. The first-order chi connectivity index (χ1) is 36.6. The third kappa shape index (κ3) is 40.6. The summed E-state index contributed by atoms with van der Waals surface area (Å²) in [6.45, 7) is 5.71. The number of allylic oxidation sites excluding steroid dienone is 16. The molecule has 0 radical (unpaired) electrons. The van der Waals surface area contributed by atoms with E-state index in [1.807, 2.05) is 0 Å². The van der Waals surface area contributed by atoms with Crippen molar-refractivity contribution in [2.45, 2.75) is 263 Å². The number of aliphatic hydroxyl groups is 2. The van der Waals surface area contributed by atoms with E-state index in [2.05, 4.69) is 118 Å². The molecule has 0 spiro atoms. The van der Waals surface area contributed by atoms with Crippen molar-refractivity contribution in [3.63, 3.8) is 0 Å². The highest BCUT2D eigenvalue weighted by Gasteiger charge is 2.50. The molecule has 1 aliphatic heterocycles. The van der Waals surface area contributed by atoms with Crippen LogP contribution in [0.5, 0.6) is 0 Å². The highest BCUT2D eigenvalue weighted by molar-refractivity contribution is 5.74. The predicted octanol–water partition coefficient (Wildman–Crippen LogP) is 14.9. The highest BCUT2D eigenvalue weighted by Crippen LogP contribution is 2.26. The Morgan fingerprint density at radius 1 is 0.453 bits per heavy atom. The average Bonchev–Trinajstić information content (AvgIpc) is 3.39. The number of carbonyl (C=O) groups excluding carboxylic acids is 3. The monoisotopic (exact) mass is 1050 g/mol. The van der Waals surface area contributed by atoms with E-state index in [9.17, 15) is 34.5 Å². The van der Waals surface area contributed by atoms with Crippen LogP contribution in [0.1, 0.15) is 226 Å². The Morgan fingerprint density at radius 3 is 1.31 bits per heavy atom. The van der Waals surface area contributed by atoms with Gasteiger partial charge in [-0.1, -0.05) is 189 Å². The minimum atomic E-state index is -1.92. The SMILES string of the molecule is CC/C=C\C/C=C\C/C=C\C/C=C\CCCCCCC(=O)OC1C(OCC(COC(=O)CCCCCCC/C=C\CCCCCCCC)OC(=O)CCCCC/C=C\C/C=C\C/C=C\CC)OC(C(=O)O)C(O)C1O. The van der Waals surface area contributed by atoms with Crippen molar-refractivity contribution >= 4 is 23.9 Å².